The minimum atomic E-state index is -3.56. The zero-order valence-electron chi connectivity index (χ0n) is 13.0. The molecule has 0 aliphatic carbocycles. The lowest BCUT2D eigenvalue weighted by Crippen LogP contribution is -2.16. The third-order valence-electron chi connectivity index (χ3n) is 3.75. The Morgan fingerprint density at radius 1 is 1.09 bits per heavy atom. The van der Waals surface area contributed by atoms with Crippen LogP contribution in [0.25, 0.3) is 0 Å². The van der Waals surface area contributed by atoms with Crippen molar-refractivity contribution in [1.29, 1.82) is 5.26 Å². The highest BCUT2D eigenvalue weighted by atomic mass is 79.9. The Morgan fingerprint density at radius 3 is 2.17 bits per heavy atom. The second-order valence-electron chi connectivity index (χ2n) is 5.66. The zero-order chi connectivity index (χ0) is 17.0. The van der Waals surface area contributed by atoms with Gasteiger partial charge in [-0.2, -0.15) is 5.26 Å². The van der Waals surface area contributed by atoms with E-state index in [2.05, 4.69) is 22.0 Å². The van der Waals surface area contributed by atoms with Crippen LogP contribution in [0.15, 0.2) is 57.9 Å². The average molecular weight is 392 g/mol. The molecule has 0 N–H and O–H groups in total. The standard InChI is InChI=1S/C18H18BrNO2S/c1-13-3-9-17(10-4-13)23(21,22)18(11-14(2)12-20)15-5-7-16(19)8-6-15/h3-10,14,18H,11H2,1-2H3. The maximum Gasteiger partial charge on any atom is 0.185 e. The predicted molar refractivity (Wildman–Crippen MR) is 94.6 cm³/mol. The molecule has 23 heavy (non-hydrogen) atoms. The van der Waals surface area contributed by atoms with Crippen LogP contribution in [0.3, 0.4) is 0 Å². The summed E-state index contributed by atoms with van der Waals surface area (Å²) in [6.07, 6.45) is 0.272. The van der Waals surface area contributed by atoms with Gasteiger partial charge in [0.15, 0.2) is 9.84 Å². The number of sulfone groups is 1. The lowest BCUT2D eigenvalue weighted by Gasteiger charge is -2.19. The molecule has 0 fully saturated rings. The smallest absolute Gasteiger partial charge is 0.185 e. The summed E-state index contributed by atoms with van der Waals surface area (Å²) in [6.45, 7) is 3.66. The van der Waals surface area contributed by atoms with Crippen molar-refractivity contribution in [3.8, 4) is 6.07 Å². The molecule has 0 heterocycles. The first-order valence-corrected chi connectivity index (χ1v) is 9.64. The second-order valence-corrected chi connectivity index (χ2v) is 8.71. The largest absolute Gasteiger partial charge is 0.223 e. The summed E-state index contributed by atoms with van der Waals surface area (Å²) in [5.41, 5.74) is 1.71. The summed E-state index contributed by atoms with van der Waals surface area (Å²) in [4.78, 5) is 0.293. The number of halogens is 1. The molecule has 0 aromatic heterocycles. The molecule has 2 unspecified atom stereocenters. The summed E-state index contributed by atoms with van der Waals surface area (Å²) in [5, 5.41) is 8.37. The Labute approximate surface area is 146 Å². The van der Waals surface area contributed by atoms with Gasteiger partial charge in [0.1, 0.15) is 0 Å². The molecule has 0 aliphatic rings. The zero-order valence-corrected chi connectivity index (χ0v) is 15.4. The van der Waals surface area contributed by atoms with Gasteiger partial charge < -0.3 is 0 Å². The minimum absolute atomic E-state index is 0.272. The third-order valence-corrected chi connectivity index (χ3v) is 6.43. The van der Waals surface area contributed by atoms with Crippen LogP contribution >= 0.6 is 15.9 Å². The van der Waals surface area contributed by atoms with E-state index in [1.165, 1.54) is 0 Å². The van der Waals surface area contributed by atoms with Crippen molar-refractivity contribution in [3.63, 3.8) is 0 Å². The number of nitriles is 1. The van der Waals surface area contributed by atoms with E-state index in [1.54, 1.807) is 43.3 Å². The Morgan fingerprint density at radius 2 is 1.65 bits per heavy atom. The molecule has 0 amide bonds. The van der Waals surface area contributed by atoms with E-state index in [0.29, 0.717) is 10.5 Å². The van der Waals surface area contributed by atoms with E-state index < -0.39 is 15.1 Å². The molecule has 2 aromatic rings. The maximum atomic E-state index is 13.1. The van der Waals surface area contributed by atoms with Gasteiger partial charge in [-0.3, -0.25) is 0 Å². The maximum absolute atomic E-state index is 13.1. The van der Waals surface area contributed by atoms with Crippen LogP contribution in [-0.4, -0.2) is 8.42 Å². The fraction of sp³-hybridized carbons (Fsp3) is 0.278. The van der Waals surface area contributed by atoms with Crippen molar-refractivity contribution in [1.82, 2.24) is 0 Å². The first-order chi connectivity index (χ1) is 10.8. The van der Waals surface area contributed by atoms with Crippen LogP contribution in [0, 0.1) is 24.2 Å². The van der Waals surface area contributed by atoms with E-state index in [4.69, 9.17) is 5.26 Å². The minimum Gasteiger partial charge on any atom is -0.223 e. The second kappa shape index (κ2) is 7.29. The highest BCUT2D eigenvalue weighted by Gasteiger charge is 2.30. The molecule has 0 aliphatic heterocycles. The molecular weight excluding hydrogens is 374 g/mol. The van der Waals surface area contributed by atoms with Crippen LogP contribution in [-0.2, 0) is 9.84 Å². The Balaban J connectivity index is 2.49. The van der Waals surface area contributed by atoms with Crippen molar-refractivity contribution < 1.29 is 8.42 Å². The van der Waals surface area contributed by atoms with Crippen molar-refractivity contribution in [2.45, 2.75) is 30.4 Å². The first kappa shape index (κ1) is 17.7. The Bertz CT molecular complexity index is 806. The molecule has 5 heteroatoms. The summed E-state index contributed by atoms with van der Waals surface area (Å²) in [7, 11) is -3.56. The van der Waals surface area contributed by atoms with Gasteiger partial charge in [0.25, 0.3) is 0 Å². The monoisotopic (exact) mass is 391 g/mol. The fourth-order valence-electron chi connectivity index (χ4n) is 2.39. The molecule has 0 saturated heterocycles. The molecular formula is C18H18BrNO2S. The predicted octanol–water partition coefficient (Wildman–Crippen LogP) is 4.82. The molecule has 0 radical (unpaired) electrons. The van der Waals surface area contributed by atoms with Crippen molar-refractivity contribution in [2.24, 2.45) is 5.92 Å². The number of hydrogen-bond donors (Lipinski definition) is 0. The lowest BCUT2D eigenvalue weighted by atomic mass is 10.0. The number of hydrogen-bond acceptors (Lipinski definition) is 3. The summed E-state index contributed by atoms with van der Waals surface area (Å²) in [5.74, 6) is -0.344. The Hall–Kier alpha value is -1.64. The Kier molecular flexibility index (Phi) is 5.61. The molecule has 2 atom stereocenters. The van der Waals surface area contributed by atoms with Crippen LogP contribution in [0.5, 0.6) is 0 Å². The fourth-order valence-corrected chi connectivity index (χ4v) is 4.55. The van der Waals surface area contributed by atoms with E-state index in [9.17, 15) is 8.42 Å². The van der Waals surface area contributed by atoms with Gasteiger partial charge in [0.2, 0.25) is 0 Å². The number of rotatable bonds is 5. The van der Waals surface area contributed by atoms with Crippen LogP contribution < -0.4 is 0 Å². The van der Waals surface area contributed by atoms with Gasteiger partial charge in [-0.15, -0.1) is 0 Å². The van der Waals surface area contributed by atoms with Gasteiger partial charge in [0.05, 0.1) is 16.2 Å². The van der Waals surface area contributed by atoms with E-state index in [1.807, 2.05) is 19.1 Å². The van der Waals surface area contributed by atoms with Crippen LogP contribution in [0.4, 0.5) is 0 Å². The first-order valence-electron chi connectivity index (χ1n) is 7.30. The van der Waals surface area contributed by atoms with Gasteiger partial charge in [-0.1, -0.05) is 45.8 Å². The highest BCUT2D eigenvalue weighted by Crippen LogP contribution is 2.34. The molecule has 2 aromatic carbocycles. The number of benzene rings is 2. The van der Waals surface area contributed by atoms with Gasteiger partial charge >= 0.3 is 0 Å². The van der Waals surface area contributed by atoms with Gasteiger partial charge in [-0.25, -0.2) is 8.42 Å². The molecule has 0 bridgehead atoms. The molecule has 3 nitrogen and oxygen atoms in total. The number of nitrogens with zero attached hydrogens (tertiary/aromatic N) is 1. The third kappa shape index (κ3) is 4.21. The summed E-state index contributed by atoms with van der Waals surface area (Å²) in [6, 6.07) is 16.2. The van der Waals surface area contributed by atoms with E-state index in [-0.39, 0.29) is 12.3 Å². The molecule has 2 rings (SSSR count). The SMILES string of the molecule is Cc1ccc(S(=O)(=O)C(CC(C)C#N)c2ccc(Br)cc2)cc1. The quantitative estimate of drug-likeness (QED) is 0.733. The molecule has 120 valence electrons. The van der Waals surface area contributed by atoms with E-state index >= 15 is 0 Å². The topological polar surface area (TPSA) is 57.9 Å². The van der Waals surface area contributed by atoms with Crippen molar-refractivity contribution >= 4 is 25.8 Å². The lowest BCUT2D eigenvalue weighted by molar-refractivity contribution is 0.556. The van der Waals surface area contributed by atoms with E-state index in [0.717, 1.165) is 10.0 Å². The van der Waals surface area contributed by atoms with Crippen molar-refractivity contribution in [3.05, 3.63) is 64.1 Å². The summed E-state index contributed by atoms with van der Waals surface area (Å²) >= 11 is 3.36. The molecule has 0 saturated carbocycles. The van der Waals surface area contributed by atoms with Crippen LogP contribution in [0.1, 0.15) is 29.7 Å². The highest BCUT2D eigenvalue weighted by molar-refractivity contribution is 9.10. The van der Waals surface area contributed by atoms with Crippen molar-refractivity contribution in [2.75, 3.05) is 0 Å². The number of aryl methyl sites for hydroxylation is 1. The van der Waals surface area contributed by atoms with Crippen LogP contribution in [0.2, 0.25) is 0 Å². The summed E-state index contributed by atoms with van der Waals surface area (Å²) < 4.78 is 27.0. The van der Waals surface area contributed by atoms with Gasteiger partial charge in [0, 0.05) is 10.4 Å². The normalized spacial score (nSPS) is 14.0. The molecule has 0 spiro atoms. The van der Waals surface area contributed by atoms with Gasteiger partial charge in [-0.05, 0) is 50.1 Å². The average Bonchev–Trinajstić information content (AvgIpc) is 2.53.